The molecule has 2 atom stereocenters. The van der Waals surface area contributed by atoms with Gasteiger partial charge in [-0.25, -0.2) is 4.98 Å². The summed E-state index contributed by atoms with van der Waals surface area (Å²) >= 11 is 1.46. The lowest BCUT2D eigenvalue weighted by Gasteiger charge is -2.01. The van der Waals surface area contributed by atoms with Crippen LogP contribution in [0.2, 0.25) is 0 Å². The minimum Gasteiger partial charge on any atom is -0.460 e. The topological polar surface area (TPSA) is 60.4 Å². The van der Waals surface area contributed by atoms with Gasteiger partial charge in [-0.1, -0.05) is 6.92 Å². The molecule has 1 saturated carbocycles. The first kappa shape index (κ1) is 13.5. The monoisotopic (exact) mass is 313 g/mol. The molecule has 0 radical (unpaired) electrons. The standard InChI is InChI=1S/C16H15N3O2S/c1-9-7-13(9)14-4-3-11(21-14)8-17-19-10(2)18-15-12(16(19)20)5-6-22-15/h3-6,8-9,13H,7H2,1-2H3/b17-8-/t9-,13+/m1/s1. The van der Waals surface area contributed by atoms with Crippen LogP contribution in [0.5, 0.6) is 0 Å². The van der Waals surface area contributed by atoms with Crippen molar-refractivity contribution in [2.75, 3.05) is 0 Å². The number of furan rings is 1. The highest BCUT2D eigenvalue weighted by Gasteiger charge is 2.36. The Balaban J connectivity index is 1.68. The predicted octanol–water partition coefficient (Wildman–Crippen LogP) is 3.37. The molecule has 0 spiro atoms. The Labute approximate surface area is 130 Å². The minimum absolute atomic E-state index is 0.150. The molecule has 0 aliphatic heterocycles. The molecule has 6 heteroatoms. The molecular formula is C16H15N3O2S. The second kappa shape index (κ2) is 4.91. The number of fused-ring (bicyclic) bond motifs is 1. The molecule has 22 heavy (non-hydrogen) atoms. The second-order valence-corrected chi connectivity index (χ2v) is 6.61. The minimum atomic E-state index is -0.150. The first-order chi connectivity index (χ1) is 10.6. The van der Waals surface area contributed by atoms with Gasteiger partial charge in [0, 0.05) is 5.92 Å². The van der Waals surface area contributed by atoms with E-state index < -0.39 is 0 Å². The molecular weight excluding hydrogens is 298 g/mol. The van der Waals surface area contributed by atoms with E-state index in [4.69, 9.17) is 4.42 Å². The van der Waals surface area contributed by atoms with Gasteiger partial charge < -0.3 is 4.42 Å². The third-order valence-electron chi connectivity index (χ3n) is 4.06. The van der Waals surface area contributed by atoms with Crippen molar-refractivity contribution in [3.8, 4) is 0 Å². The molecule has 112 valence electrons. The van der Waals surface area contributed by atoms with Crippen molar-refractivity contribution >= 4 is 27.8 Å². The van der Waals surface area contributed by atoms with Crippen LogP contribution in [0.4, 0.5) is 0 Å². The Bertz CT molecular complexity index is 934. The maximum atomic E-state index is 12.4. The summed E-state index contributed by atoms with van der Waals surface area (Å²) in [7, 11) is 0. The van der Waals surface area contributed by atoms with Crippen LogP contribution in [0, 0.1) is 12.8 Å². The average Bonchev–Trinajstić information content (AvgIpc) is 2.93. The molecule has 0 aromatic carbocycles. The molecule has 1 aliphatic carbocycles. The number of aryl methyl sites for hydroxylation is 1. The molecule has 0 N–H and O–H groups in total. The van der Waals surface area contributed by atoms with Crippen molar-refractivity contribution < 1.29 is 4.42 Å². The van der Waals surface area contributed by atoms with E-state index in [1.165, 1.54) is 22.4 Å². The fourth-order valence-corrected chi connectivity index (χ4v) is 3.41. The van der Waals surface area contributed by atoms with Gasteiger partial charge in [0.15, 0.2) is 0 Å². The van der Waals surface area contributed by atoms with E-state index in [9.17, 15) is 4.79 Å². The normalized spacial score (nSPS) is 21.0. The van der Waals surface area contributed by atoms with Crippen molar-refractivity contribution in [3.05, 3.63) is 51.3 Å². The number of aromatic nitrogens is 2. The van der Waals surface area contributed by atoms with E-state index in [2.05, 4.69) is 17.0 Å². The lowest BCUT2D eigenvalue weighted by atomic mass is 10.3. The van der Waals surface area contributed by atoms with Gasteiger partial charge in [0.25, 0.3) is 5.56 Å². The molecule has 4 rings (SSSR count). The fraction of sp³-hybridized carbons (Fsp3) is 0.312. The first-order valence-electron chi connectivity index (χ1n) is 7.24. The summed E-state index contributed by atoms with van der Waals surface area (Å²) in [5.74, 6) is 3.47. The van der Waals surface area contributed by atoms with Gasteiger partial charge in [0.1, 0.15) is 22.2 Å². The molecule has 0 saturated heterocycles. The van der Waals surface area contributed by atoms with Crippen molar-refractivity contribution in [1.29, 1.82) is 0 Å². The zero-order chi connectivity index (χ0) is 15.3. The molecule has 3 aromatic rings. The van der Waals surface area contributed by atoms with Gasteiger partial charge in [-0.05, 0) is 42.8 Å². The van der Waals surface area contributed by atoms with Crippen molar-refractivity contribution in [3.63, 3.8) is 0 Å². The smallest absolute Gasteiger partial charge is 0.282 e. The maximum Gasteiger partial charge on any atom is 0.282 e. The summed E-state index contributed by atoms with van der Waals surface area (Å²) in [6, 6.07) is 5.66. The van der Waals surface area contributed by atoms with E-state index in [-0.39, 0.29) is 5.56 Å². The Morgan fingerprint density at radius 3 is 3.05 bits per heavy atom. The number of thiophene rings is 1. The molecule has 3 heterocycles. The summed E-state index contributed by atoms with van der Waals surface area (Å²) < 4.78 is 7.09. The lowest BCUT2D eigenvalue weighted by Crippen LogP contribution is -2.19. The third kappa shape index (κ3) is 2.20. The van der Waals surface area contributed by atoms with E-state index in [1.807, 2.05) is 17.5 Å². The van der Waals surface area contributed by atoms with E-state index >= 15 is 0 Å². The van der Waals surface area contributed by atoms with Gasteiger partial charge in [-0.3, -0.25) is 4.79 Å². The van der Waals surface area contributed by atoms with Crippen LogP contribution in [0.1, 0.15) is 36.6 Å². The Morgan fingerprint density at radius 2 is 2.27 bits per heavy atom. The summed E-state index contributed by atoms with van der Waals surface area (Å²) in [5.41, 5.74) is -0.150. The predicted molar refractivity (Wildman–Crippen MR) is 86.8 cm³/mol. The molecule has 0 bridgehead atoms. The Morgan fingerprint density at radius 1 is 1.45 bits per heavy atom. The van der Waals surface area contributed by atoms with Crippen molar-refractivity contribution in [1.82, 2.24) is 9.66 Å². The molecule has 0 amide bonds. The fourth-order valence-electron chi connectivity index (χ4n) is 2.61. The molecule has 1 fully saturated rings. The van der Waals surface area contributed by atoms with Crippen LogP contribution in [0.3, 0.4) is 0 Å². The van der Waals surface area contributed by atoms with Crippen LogP contribution < -0.4 is 5.56 Å². The Hall–Kier alpha value is -2.21. The largest absolute Gasteiger partial charge is 0.460 e. The van der Waals surface area contributed by atoms with Gasteiger partial charge in [0.2, 0.25) is 0 Å². The lowest BCUT2D eigenvalue weighted by molar-refractivity contribution is 0.499. The highest BCUT2D eigenvalue weighted by molar-refractivity contribution is 7.16. The summed E-state index contributed by atoms with van der Waals surface area (Å²) in [6.45, 7) is 3.99. The van der Waals surface area contributed by atoms with Crippen molar-refractivity contribution in [2.45, 2.75) is 26.2 Å². The van der Waals surface area contributed by atoms with Crippen LogP contribution in [0.25, 0.3) is 10.2 Å². The molecule has 0 unspecified atom stereocenters. The van der Waals surface area contributed by atoms with E-state index in [0.717, 1.165) is 10.6 Å². The molecule has 1 aliphatic rings. The average molecular weight is 313 g/mol. The molecule has 3 aromatic heterocycles. The number of hydrogen-bond donors (Lipinski definition) is 0. The zero-order valence-corrected chi connectivity index (χ0v) is 13.1. The van der Waals surface area contributed by atoms with Gasteiger partial charge in [-0.15, -0.1) is 11.3 Å². The van der Waals surface area contributed by atoms with Gasteiger partial charge in [-0.2, -0.15) is 9.78 Å². The van der Waals surface area contributed by atoms with E-state index in [0.29, 0.717) is 28.8 Å². The molecule has 5 nitrogen and oxygen atoms in total. The van der Waals surface area contributed by atoms with Crippen LogP contribution in [0.15, 0.2) is 37.9 Å². The second-order valence-electron chi connectivity index (χ2n) is 5.72. The van der Waals surface area contributed by atoms with Crippen LogP contribution >= 0.6 is 11.3 Å². The maximum absolute atomic E-state index is 12.4. The number of rotatable bonds is 3. The van der Waals surface area contributed by atoms with Gasteiger partial charge in [0.05, 0.1) is 11.6 Å². The first-order valence-corrected chi connectivity index (χ1v) is 8.12. The van der Waals surface area contributed by atoms with Crippen LogP contribution in [-0.2, 0) is 0 Å². The third-order valence-corrected chi connectivity index (χ3v) is 4.87. The van der Waals surface area contributed by atoms with Crippen molar-refractivity contribution in [2.24, 2.45) is 11.0 Å². The highest BCUT2D eigenvalue weighted by atomic mass is 32.1. The van der Waals surface area contributed by atoms with Crippen LogP contribution in [-0.4, -0.2) is 15.9 Å². The summed E-state index contributed by atoms with van der Waals surface area (Å²) in [6.07, 6.45) is 2.76. The van der Waals surface area contributed by atoms with Gasteiger partial charge >= 0.3 is 0 Å². The zero-order valence-electron chi connectivity index (χ0n) is 12.3. The SMILES string of the molecule is Cc1nc2sccc2c(=O)n1/N=C\c1ccc([C@H]2C[C@H]2C)o1. The number of nitrogens with zero attached hydrogens (tertiary/aromatic N) is 3. The summed E-state index contributed by atoms with van der Waals surface area (Å²) in [4.78, 5) is 17.5. The summed E-state index contributed by atoms with van der Waals surface area (Å²) in [5, 5.41) is 6.71. The Kier molecular flexibility index (Phi) is 3.00. The number of hydrogen-bond acceptors (Lipinski definition) is 5. The quantitative estimate of drug-likeness (QED) is 0.697. The highest BCUT2D eigenvalue weighted by Crippen LogP contribution is 2.47. The van der Waals surface area contributed by atoms with E-state index in [1.54, 1.807) is 19.2 Å².